The molecule has 170 valence electrons. The quantitative estimate of drug-likeness (QED) is 0.306. The summed E-state index contributed by atoms with van der Waals surface area (Å²) < 4.78 is 1.97. The summed E-state index contributed by atoms with van der Waals surface area (Å²) in [6.45, 7) is 4.91. The molecule has 4 rings (SSSR count). The van der Waals surface area contributed by atoms with Crippen LogP contribution in [0.1, 0.15) is 35.8 Å². The average Bonchev–Trinajstić information content (AvgIpc) is 3.45. The summed E-state index contributed by atoms with van der Waals surface area (Å²) in [7, 11) is 0. The van der Waals surface area contributed by atoms with Gasteiger partial charge in [0.1, 0.15) is 10.7 Å². The molecular formula is C23H23ClN6OS2. The number of carbonyl (C=O) groups is 1. The van der Waals surface area contributed by atoms with E-state index in [9.17, 15) is 4.79 Å². The molecule has 0 spiro atoms. The van der Waals surface area contributed by atoms with E-state index in [1.54, 1.807) is 17.8 Å². The molecule has 4 aromatic rings. The lowest BCUT2D eigenvalue weighted by molar-refractivity contribution is 0.0947. The number of benzene rings is 1. The Morgan fingerprint density at radius 1 is 1.21 bits per heavy atom. The number of pyridine rings is 1. The van der Waals surface area contributed by atoms with Crippen LogP contribution in [-0.2, 0) is 5.75 Å². The topological polar surface area (TPSA) is 85.6 Å². The minimum atomic E-state index is -0.134. The second-order valence-corrected chi connectivity index (χ2v) is 10.0. The van der Waals surface area contributed by atoms with Gasteiger partial charge < -0.3 is 5.32 Å². The average molecular weight is 499 g/mol. The fraction of sp³-hybridized carbons (Fsp3) is 0.261. The highest BCUT2D eigenvalue weighted by Gasteiger charge is 2.18. The Bertz CT molecular complexity index is 1220. The normalized spacial score (nSPS) is 11.2. The summed E-state index contributed by atoms with van der Waals surface area (Å²) >= 11 is 9.23. The third kappa shape index (κ3) is 5.98. The summed E-state index contributed by atoms with van der Waals surface area (Å²) in [5, 5.41) is 15.8. The van der Waals surface area contributed by atoms with Crippen molar-refractivity contribution < 1.29 is 4.79 Å². The summed E-state index contributed by atoms with van der Waals surface area (Å²) in [6.07, 6.45) is 4.39. The van der Waals surface area contributed by atoms with Crippen molar-refractivity contribution in [1.82, 2.24) is 30.0 Å². The van der Waals surface area contributed by atoms with E-state index in [0.29, 0.717) is 39.9 Å². The maximum absolute atomic E-state index is 12.3. The van der Waals surface area contributed by atoms with Crippen LogP contribution in [0.15, 0.2) is 59.3 Å². The van der Waals surface area contributed by atoms with Gasteiger partial charge in [0, 0.05) is 34.9 Å². The molecule has 33 heavy (non-hydrogen) atoms. The van der Waals surface area contributed by atoms with Gasteiger partial charge in [-0.2, -0.15) is 0 Å². The van der Waals surface area contributed by atoms with Crippen LogP contribution in [0.4, 0.5) is 0 Å². The molecule has 1 N–H and O–H groups in total. The number of aromatic nitrogens is 5. The highest BCUT2D eigenvalue weighted by Crippen LogP contribution is 2.31. The van der Waals surface area contributed by atoms with Crippen LogP contribution in [0.3, 0.4) is 0 Å². The van der Waals surface area contributed by atoms with Crippen LogP contribution in [0.5, 0.6) is 0 Å². The minimum absolute atomic E-state index is 0.134. The van der Waals surface area contributed by atoms with Gasteiger partial charge in [-0.3, -0.25) is 14.3 Å². The zero-order chi connectivity index (χ0) is 23.2. The number of carbonyl (C=O) groups excluding carboxylic acids is 1. The Hall–Kier alpha value is -2.75. The van der Waals surface area contributed by atoms with E-state index in [1.165, 1.54) is 23.1 Å². The van der Waals surface area contributed by atoms with E-state index in [4.69, 9.17) is 11.6 Å². The highest BCUT2D eigenvalue weighted by atomic mass is 35.5. The number of thiazole rings is 1. The number of thioether (sulfide) groups is 1. The first kappa shape index (κ1) is 23.4. The van der Waals surface area contributed by atoms with Gasteiger partial charge in [0.25, 0.3) is 5.91 Å². The molecule has 1 amide bonds. The predicted octanol–water partition coefficient (Wildman–Crippen LogP) is 5.51. The van der Waals surface area contributed by atoms with Gasteiger partial charge in [-0.25, -0.2) is 4.98 Å². The standard InChI is InChI=1S/C23H23ClN6OS2/c1-15(2)6-11-26-22(31)19-13-32-20(27-19)14-33-23-29-28-21(16-7-9-25-10-8-16)30(23)18-5-3-4-17(24)12-18/h3-5,7-10,12-13,15H,6,11,14H2,1-2H3,(H,26,31). The summed E-state index contributed by atoms with van der Waals surface area (Å²) in [4.78, 5) is 20.9. The molecule has 0 bridgehead atoms. The van der Waals surface area contributed by atoms with Crippen LogP contribution in [0.2, 0.25) is 5.02 Å². The van der Waals surface area contributed by atoms with Crippen molar-refractivity contribution in [3.8, 4) is 17.1 Å². The Morgan fingerprint density at radius 2 is 2.03 bits per heavy atom. The molecule has 3 heterocycles. The molecule has 0 saturated heterocycles. The van der Waals surface area contributed by atoms with Gasteiger partial charge in [-0.05, 0) is 42.7 Å². The first-order valence-electron chi connectivity index (χ1n) is 10.5. The minimum Gasteiger partial charge on any atom is -0.351 e. The molecule has 3 aromatic heterocycles. The molecule has 7 nitrogen and oxygen atoms in total. The number of hydrogen-bond donors (Lipinski definition) is 1. The third-order valence-corrected chi connectivity index (χ3v) is 6.96. The lowest BCUT2D eigenvalue weighted by Gasteiger charge is -2.10. The Morgan fingerprint density at radius 3 is 2.79 bits per heavy atom. The van der Waals surface area contributed by atoms with Gasteiger partial charge in [-0.1, -0.05) is 43.3 Å². The van der Waals surface area contributed by atoms with Gasteiger partial charge >= 0.3 is 0 Å². The fourth-order valence-corrected chi connectivity index (χ4v) is 5.00. The first-order chi connectivity index (χ1) is 16.0. The Kier molecular flexibility index (Phi) is 7.74. The molecule has 0 aliphatic carbocycles. The summed E-state index contributed by atoms with van der Waals surface area (Å²) in [5.74, 6) is 1.68. The monoisotopic (exact) mass is 498 g/mol. The predicted molar refractivity (Wildman–Crippen MR) is 133 cm³/mol. The molecule has 1 aromatic carbocycles. The van der Waals surface area contributed by atoms with E-state index in [1.807, 2.05) is 41.0 Å². The maximum Gasteiger partial charge on any atom is 0.270 e. The van der Waals surface area contributed by atoms with Crippen molar-refractivity contribution in [2.45, 2.75) is 31.2 Å². The molecule has 0 fully saturated rings. The summed E-state index contributed by atoms with van der Waals surface area (Å²) in [5.41, 5.74) is 2.22. The molecule has 0 radical (unpaired) electrons. The Labute approximate surface area is 205 Å². The van der Waals surface area contributed by atoms with Crippen molar-refractivity contribution in [3.63, 3.8) is 0 Å². The third-order valence-electron chi connectivity index (χ3n) is 4.75. The molecule has 0 aliphatic heterocycles. The number of amides is 1. The van der Waals surface area contributed by atoms with Crippen LogP contribution < -0.4 is 5.32 Å². The van der Waals surface area contributed by atoms with E-state index < -0.39 is 0 Å². The highest BCUT2D eigenvalue weighted by molar-refractivity contribution is 7.98. The van der Waals surface area contributed by atoms with Crippen molar-refractivity contribution in [2.75, 3.05) is 6.54 Å². The maximum atomic E-state index is 12.3. The van der Waals surface area contributed by atoms with E-state index in [-0.39, 0.29) is 5.91 Å². The van der Waals surface area contributed by atoms with Gasteiger partial charge in [0.15, 0.2) is 11.0 Å². The second kappa shape index (κ2) is 10.9. The van der Waals surface area contributed by atoms with E-state index >= 15 is 0 Å². The zero-order valence-corrected chi connectivity index (χ0v) is 20.6. The lowest BCUT2D eigenvalue weighted by atomic mass is 10.1. The number of rotatable bonds is 9. The largest absolute Gasteiger partial charge is 0.351 e. The number of nitrogens with zero attached hydrogens (tertiary/aromatic N) is 5. The first-order valence-corrected chi connectivity index (χ1v) is 12.7. The molecule has 0 aliphatic rings. The smallest absolute Gasteiger partial charge is 0.270 e. The van der Waals surface area contributed by atoms with Crippen molar-refractivity contribution in [1.29, 1.82) is 0 Å². The van der Waals surface area contributed by atoms with Crippen molar-refractivity contribution >= 4 is 40.6 Å². The van der Waals surface area contributed by atoms with E-state index in [0.717, 1.165) is 22.7 Å². The van der Waals surface area contributed by atoms with Gasteiger partial charge in [0.2, 0.25) is 0 Å². The summed E-state index contributed by atoms with van der Waals surface area (Å²) in [6, 6.07) is 11.4. The van der Waals surface area contributed by atoms with Crippen LogP contribution >= 0.6 is 34.7 Å². The number of nitrogens with one attached hydrogen (secondary N) is 1. The van der Waals surface area contributed by atoms with Crippen LogP contribution in [0, 0.1) is 5.92 Å². The van der Waals surface area contributed by atoms with Gasteiger partial charge in [-0.15, -0.1) is 21.5 Å². The number of halogens is 1. The molecule has 0 saturated carbocycles. The lowest BCUT2D eigenvalue weighted by Crippen LogP contribution is -2.25. The fourth-order valence-electron chi connectivity index (χ4n) is 3.07. The number of hydrogen-bond acceptors (Lipinski definition) is 7. The Balaban J connectivity index is 1.53. The molecule has 0 atom stereocenters. The SMILES string of the molecule is CC(C)CCNC(=O)c1csc(CSc2nnc(-c3ccncc3)n2-c2cccc(Cl)c2)n1. The van der Waals surface area contributed by atoms with Gasteiger partial charge in [0.05, 0.1) is 11.4 Å². The second-order valence-electron chi connectivity index (χ2n) is 7.71. The van der Waals surface area contributed by atoms with Crippen LogP contribution in [0.25, 0.3) is 17.1 Å². The molecule has 0 unspecified atom stereocenters. The van der Waals surface area contributed by atoms with Crippen LogP contribution in [-0.4, -0.2) is 37.2 Å². The van der Waals surface area contributed by atoms with Crippen molar-refractivity contribution in [2.24, 2.45) is 5.92 Å². The van der Waals surface area contributed by atoms with Crippen molar-refractivity contribution in [3.05, 3.63) is 69.9 Å². The molecule has 10 heteroatoms. The molecular weight excluding hydrogens is 476 g/mol. The zero-order valence-electron chi connectivity index (χ0n) is 18.2. The van der Waals surface area contributed by atoms with E-state index in [2.05, 4.69) is 39.3 Å².